The van der Waals surface area contributed by atoms with E-state index in [1.54, 1.807) is 0 Å². The van der Waals surface area contributed by atoms with Crippen LogP contribution in [-0.2, 0) is 0 Å². The molecule has 2 heteroatoms. The van der Waals surface area contributed by atoms with E-state index in [-0.39, 0.29) is 0 Å². The zero-order valence-corrected chi connectivity index (χ0v) is 7.40. The molecule has 2 nitrogen and oxygen atoms in total. The highest BCUT2D eigenvalue weighted by Gasteiger charge is 2.17. The summed E-state index contributed by atoms with van der Waals surface area (Å²) in [6.45, 7) is 8.35. The second-order valence-corrected chi connectivity index (χ2v) is 3.30. The van der Waals surface area contributed by atoms with Crippen molar-refractivity contribution in [2.75, 3.05) is 13.1 Å². The minimum atomic E-state index is 0.597. The van der Waals surface area contributed by atoms with Crippen molar-refractivity contribution in [3.63, 3.8) is 0 Å². The molecule has 11 heavy (non-hydrogen) atoms. The lowest BCUT2D eigenvalue weighted by molar-refractivity contribution is 0.324. The lowest BCUT2D eigenvalue weighted by Crippen LogP contribution is -2.54. The number of rotatable bonds is 3. The van der Waals surface area contributed by atoms with E-state index < -0.39 is 0 Å². The molecule has 1 aliphatic heterocycles. The Hall–Kier alpha value is -0.0800. The quantitative estimate of drug-likeness (QED) is 0.634. The summed E-state index contributed by atoms with van der Waals surface area (Å²) in [5.41, 5.74) is 0. The van der Waals surface area contributed by atoms with Crippen LogP contribution in [0.2, 0.25) is 0 Å². The highest BCUT2D eigenvalue weighted by atomic mass is 15.1. The molecule has 65 valence electrons. The molecule has 1 saturated heterocycles. The fraction of sp³-hybridized carbons (Fsp3) is 0.889. The van der Waals surface area contributed by atoms with Gasteiger partial charge in [-0.2, -0.15) is 0 Å². The van der Waals surface area contributed by atoms with E-state index in [9.17, 15) is 0 Å². The van der Waals surface area contributed by atoms with Crippen molar-refractivity contribution in [1.82, 2.24) is 10.6 Å². The van der Waals surface area contributed by atoms with E-state index in [4.69, 9.17) is 0 Å². The Kier molecular flexibility index (Phi) is 3.87. The van der Waals surface area contributed by atoms with Crippen LogP contribution in [0.1, 0.15) is 26.2 Å². The predicted molar refractivity (Wildman–Crippen MR) is 48.5 cm³/mol. The molecule has 0 bridgehead atoms. The van der Waals surface area contributed by atoms with Gasteiger partial charge in [-0.25, -0.2) is 0 Å². The van der Waals surface area contributed by atoms with Gasteiger partial charge in [0.2, 0.25) is 0 Å². The van der Waals surface area contributed by atoms with Crippen LogP contribution in [0.4, 0.5) is 0 Å². The zero-order chi connectivity index (χ0) is 8.10. The van der Waals surface area contributed by atoms with Gasteiger partial charge in [-0.3, -0.25) is 0 Å². The van der Waals surface area contributed by atoms with Crippen LogP contribution in [0.5, 0.6) is 0 Å². The zero-order valence-electron chi connectivity index (χ0n) is 7.40. The fourth-order valence-electron chi connectivity index (χ4n) is 1.60. The van der Waals surface area contributed by atoms with E-state index in [0.29, 0.717) is 12.1 Å². The molecule has 0 aromatic heterocycles. The summed E-state index contributed by atoms with van der Waals surface area (Å²) in [5.74, 6) is 0. The van der Waals surface area contributed by atoms with Crippen molar-refractivity contribution >= 4 is 0 Å². The Bertz CT molecular complexity index is 102. The first-order valence-corrected chi connectivity index (χ1v) is 4.62. The van der Waals surface area contributed by atoms with Crippen molar-refractivity contribution in [3.05, 3.63) is 6.92 Å². The van der Waals surface area contributed by atoms with Gasteiger partial charge in [-0.15, -0.1) is 0 Å². The minimum Gasteiger partial charge on any atom is -0.314 e. The van der Waals surface area contributed by atoms with Crippen LogP contribution in [0.15, 0.2) is 0 Å². The standard InChI is InChI=1S/C9H19N2/c1-3-5-9-7-10-6-8(4-2)11-9/h8-11H,2-7H2,1H3. The molecule has 0 spiro atoms. The molecule has 0 saturated carbocycles. The molecule has 1 aliphatic rings. The van der Waals surface area contributed by atoms with Gasteiger partial charge in [0.05, 0.1) is 0 Å². The van der Waals surface area contributed by atoms with E-state index in [2.05, 4.69) is 24.5 Å². The smallest absolute Gasteiger partial charge is 0.0195 e. The maximum atomic E-state index is 3.90. The van der Waals surface area contributed by atoms with Gasteiger partial charge in [0.25, 0.3) is 0 Å². The summed E-state index contributed by atoms with van der Waals surface area (Å²) < 4.78 is 0. The van der Waals surface area contributed by atoms with Crippen LogP contribution >= 0.6 is 0 Å². The van der Waals surface area contributed by atoms with Crippen LogP contribution < -0.4 is 10.6 Å². The van der Waals surface area contributed by atoms with E-state index in [1.165, 1.54) is 12.8 Å². The normalized spacial score (nSPS) is 32.2. The van der Waals surface area contributed by atoms with Crippen LogP contribution in [-0.4, -0.2) is 25.2 Å². The predicted octanol–water partition coefficient (Wildman–Crippen LogP) is 0.941. The number of hydrogen-bond donors (Lipinski definition) is 2. The Morgan fingerprint density at radius 3 is 2.73 bits per heavy atom. The Balaban J connectivity index is 2.21. The molecule has 1 heterocycles. The molecule has 0 amide bonds. The molecule has 2 N–H and O–H groups in total. The lowest BCUT2D eigenvalue weighted by atomic mass is 10.1. The van der Waals surface area contributed by atoms with Crippen molar-refractivity contribution in [3.8, 4) is 0 Å². The molecule has 1 fully saturated rings. The van der Waals surface area contributed by atoms with Crippen LogP contribution in [0, 0.1) is 6.92 Å². The van der Waals surface area contributed by atoms with Gasteiger partial charge in [0, 0.05) is 25.2 Å². The van der Waals surface area contributed by atoms with Crippen molar-refractivity contribution in [2.24, 2.45) is 0 Å². The molecule has 0 aromatic carbocycles. The lowest BCUT2D eigenvalue weighted by Gasteiger charge is -2.31. The number of piperazine rings is 1. The fourth-order valence-corrected chi connectivity index (χ4v) is 1.60. The average molecular weight is 155 g/mol. The van der Waals surface area contributed by atoms with Gasteiger partial charge in [0.1, 0.15) is 0 Å². The summed E-state index contributed by atoms with van der Waals surface area (Å²) in [6, 6.07) is 1.28. The van der Waals surface area contributed by atoms with Gasteiger partial charge in [-0.05, 0) is 12.8 Å². The Labute approximate surface area is 69.8 Å². The van der Waals surface area contributed by atoms with Crippen molar-refractivity contribution < 1.29 is 0 Å². The van der Waals surface area contributed by atoms with Gasteiger partial charge in [-0.1, -0.05) is 20.3 Å². The SMILES string of the molecule is [CH2]CC1CNCC(CCC)N1. The Morgan fingerprint density at radius 2 is 2.09 bits per heavy atom. The van der Waals surface area contributed by atoms with Crippen molar-refractivity contribution in [2.45, 2.75) is 38.3 Å². The molecule has 2 unspecified atom stereocenters. The topological polar surface area (TPSA) is 24.1 Å². The first-order chi connectivity index (χ1) is 5.36. The minimum absolute atomic E-state index is 0.597. The van der Waals surface area contributed by atoms with E-state index in [0.717, 1.165) is 19.5 Å². The highest BCUT2D eigenvalue weighted by Crippen LogP contribution is 2.02. The van der Waals surface area contributed by atoms with Crippen LogP contribution in [0.25, 0.3) is 0 Å². The summed E-state index contributed by atoms with van der Waals surface area (Å²) >= 11 is 0. The van der Waals surface area contributed by atoms with Crippen molar-refractivity contribution in [1.29, 1.82) is 0 Å². The van der Waals surface area contributed by atoms with Crippen LogP contribution in [0.3, 0.4) is 0 Å². The second kappa shape index (κ2) is 4.73. The molecule has 0 aliphatic carbocycles. The maximum absolute atomic E-state index is 3.90. The monoisotopic (exact) mass is 155 g/mol. The summed E-state index contributed by atoms with van der Waals surface area (Å²) in [5, 5.41) is 7.00. The molecular weight excluding hydrogens is 136 g/mol. The largest absolute Gasteiger partial charge is 0.314 e. The third-order valence-electron chi connectivity index (χ3n) is 2.24. The molecule has 1 radical (unpaired) electrons. The van der Waals surface area contributed by atoms with Gasteiger partial charge in [0.15, 0.2) is 0 Å². The van der Waals surface area contributed by atoms with E-state index >= 15 is 0 Å². The number of hydrogen-bond acceptors (Lipinski definition) is 2. The Morgan fingerprint density at radius 1 is 1.36 bits per heavy atom. The van der Waals surface area contributed by atoms with Gasteiger partial charge >= 0.3 is 0 Å². The molecule has 2 atom stereocenters. The molecule has 0 aromatic rings. The maximum Gasteiger partial charge on any atom is 0.0195 e. The summed E-state index contributed by atoms with van der Waals surface area (Å²) in [6.07, 6.45) is 3.54. The summed E-state index contributed by atoms with van der Waals surface area (Å²) in [4.78, 5) is 0. The average Bonchev–Trinajstić information content (AvgIpc) is 2.06. The first kappa shape index (κ1) is 9.01. The van der Waals surface area contributed by atoms with Gasteiger partial charge < -0.3 is 10.6 Å². The van der Waals surface area contributed by atoms with E-state index in [1.807, 2.05) is 0 Å². The highest BCUT2D eigenvalue weighted by molar-refractivity contribution is 4.83. The molecular formula is C9H19N2. The summed E-state index contributed by atoms with van der Waals surface area (Å²) in [7, 11) is 0. The third-order valence-corrected chi connectivity index (χ3v) is 2.24. The molecule has 1 rings (SSSR count). The second-order valence-electron chi connectivity index (χ2n) is 3.30. The third kappa shape index (κ3) is 2.80. The first-order valence-electron chi connectivity index (χ1n) is 4.62. The number of nitrogens with one attached hydrogen (secondary N) is 2.